The standard InChI is InChI=1S/C33H40N4O8/c1-22-19-25(21-28(30(22)39)33(2,3)4)9-14-29(38)42-15-17-44-45-18-16-43-32(41)36-27-12-7-24(8-13-27)20-23-5-10-26(11-6-23)35-31(40)37-34/h5-8,10-13,15,17,19,21,39H,9,14,16,18,20,34H2,1-4H3,(H,36,41)(H2,35,37,40)/b17-15-. The van der Waals surface area contributed by atoms with E-state index in [1.165, 1.54) is 0 Å². The number of carbonyl (C=O) groups excluding carboxylic acids is 3. The van der Waals surface area contributed by atoms with E-state index in [0.717, 1.165) is 40.3 Å². The molecule has 0 spiro atoms. The fourth-order valence-electron chi connectivity index (χ4n) is 4.23. The molecule has 0 aliphatic carbocycles. The van der Waals surface area contributed by atoms with Crippen molar-refractivity contribution in [2.24, 2.45) is 5.84 Å². The molecule has 0 radical (unpaired) electrons. The third-order valence-electron chi connectivity index (χ3n) is 6.52. The highest BCUT2D eigenvalue weighted by Crippen LogP contribution is 2.34. The molecule has 0 bridgehead atoms. The van der Waals surface area contributed by atoms with Crippen LogP contribution in [0.5, 0.6) is 5.75 Å². The van der Waals surface area contributed by atoms with Gasteiger partial charge >= 0.3 is 18.1 Å². The lowest BCUT2D eigenvalue weighted by Crippen LogP contribution is -2.34. The van der Waals surface area contributed by atoms with E-state index in [4.69, 9.17) is 25.1 Å². The minimum atomic E-state index is -0.654. The summed E-state index contributed by atoms with van der Waals surface area (Å²) in [5.74, 6) is 4.89. The maximum absolute atomic E-state index is 12.1. The van der Waals surface area contributed by atoms with Crippen molar-refractivity contribution in [3.05, 3.63) is 101 Å². The van der Waals surface area contributed by atoms with Gasteiger partial charge in [-0.1, -0.05) is 57.2 Å². The average molecular weight is 621 g/mol. The molecule has 12 heteroatoms. The number of carbonyl (C=O) groups is 3. The van der Waals surface area contributed by atoms with Gasteiger partial charge in [-0.15, -0.1) is 0 Å². The molecule has 0 atom stereocenters. The Morgan fingerprint density at radius 2 is 1.49 bits per heavy atom. The molecular weight excluding hydrogens is 580 g/mol. The number of ether oxygens (including phenoxy) is 2. The van der Waals surface area contributed by atoms with Crippen LogP contribution in [0.2, 0.25) is 0 Å². The van der Waals surface area contributed by atoms with E-state index in [1.807, 2.05) is 69.5 Å². The van der Waals surface area contributed by atoms with Crippen LogP contribution < -0.4 is 21.9 Å². The van der Waals surface area contributed by atoms with Gasteiger partial charge in [0.25, 0.3) is 0 Å². The molecule has 0 aromatic heterocycles. The van der Waals surface area contributed by atoms with Crippen LogP contribution in [0.4, 0.5) is 21.0 Å². The number of phenols is 1. The van der Waals surface area contributed by atoms with E-state index >= 15 is 0 Å². The number of amides is 3. The summed E-state index contributed by atoms with van der Waals surface area (Å²) in [5.41, 5.74) is 7.56. The third-order valence-corrected chi connectivity index (χ3v) is 6.52. The number of benzene rings is 3. The minimum Gasteiger partial charge on any atom is -0.507 e. The van der Waals surface area contributed by atoms with Crippen LogP contribution in [-0.2, 0) is 42.3 Å². The van der Waals surface area contributed by atoms with E-state index in [0.29, 0.717) is 24.2 Å². The first-order valence-corrected chi connectivity index (χ1v) is 14.3. The van der Waals surface area contributed by atoms with Gasteiger partial charge in [0.1, 0.15) is 25.2 Å². The van der Waals surface area contributed by atoms with Crippen molar-refractivity contribution in [2.75, 3.05) is 23.8 Å². The maximum atomic E-state index is 12.1. The molecule has 0 unspecified atom stereocenters. The molecule has 3 aromatic carbocycles. The molecule has 0 aliphatic rings. The first kappa shape index (κ1) is 34.4. The van der Waals surface area contributed by atoms with Gasteiger partial charge in [0.2, 0.25) is 0 Å². The molecule has 3 aromatic rings. The zero-order chi connectivity index (χ0) is 32.8. The van der Waals surface area contributed by atoms with Gasteiger partial charge in [-0.2, -0.15) is 4.89 Å². The highest BCUT2D eigenvalue weighted by atomic mass is 17.2. The van der Waals surface area contributed by atoms with Crippen molar-refractivity contribution < 1.29 is 38.7 Å². The number of aromatic hydroxyl groups is 1. The third kappa shape index (κ3) is 11.9. The van der Waals surface area contributed by atoms with Crippen molar-refractivity contribution in [3.63, 3.8) is 0 Å². The predicted molar refractivity (Wildman–Crippen MR) is 169 cm³/mol. The Bertz CT molecular complexity index is 1470. The number of hydrazine groups is 1. The van der Waals surface area contributed by atoms with E-state index < -0.39 is 18.1 Å². The quantitative estimate of drug-likeness (QED) is 0.0305. The predicted octanol–water partition coefficient (Wildman–Crippen LogP) is 5.73. The highest BCUT2D eigenvalue weighted by molar-refractivity contribution is 5.88. The molecule has 0 fully saturated rings. The van der Waals surface area contributed by atoms with Crippen molar-refractivity contribution in [3.8, 4) is 5.75 Å². The molecule has 0 heterocycles. The highest BCUT2D eigenvalue weighted by Gasteiger charge is 2.20. The molecule has 3 amide bonds. The van der Waals surface area contributed by atoms with Crippen LogP contribution >= 0.6 is 0 Å². The lowest BCUT2D eigenvalue weighted by atomic mass is 9.83. The maximum Gasteiger partial charge on any atom is 0.411 e. The van der Waals surface area contributed by atoms with Crippen molar-refractivity contribution in [1.29, 1.82) is 0 Å². The summed E-state index contributed by atoms with van der Waals surface area (Å²) in [6.45, 7) is 7.77. The zero-order valence-electron chi connectivity index (χ0n) is 25.8. The van der Waals surface area contributed by atoms with Gasteiger partial charge in [-0.25, -0.2) is 15.4 Å². The van der Waals surface area contributed by atoms with Crippen LogP contribution in [0.15, 0.2) is 73.2 Å². The topological polar surface area (TPSA) is 170 Å². The zero-order valence-corrected chi connectivity index (χ0v) is 25.8. The molecule has 0 saturated heterocycles. The Morgan fingerprint density at radius 1 is 0.867 bits per heavy atom. The van der Waals surface area contributed by atoms with E-state index in [-0.39, 0.29) is 30.8 Å². The summed E-state index contributed by atoms with van der Waals surface area (Å²) in [4.78, 5) is 45.1. The van der Waals surface area contributed by atoms with Crippen LogP contribution in [0.1, 0.15) is 55.0 Å². The molecule has 0 aliphatic heterocycles. The van der Waals surface area contributed by atoms with Gasteiger partial charge in [0.15, 0.2) is 6.26 Å². The van der Waals surface area contributed by atoms with Crippen molar-refractivity contribution in [2.45, 2.75) is 52.4 Å². The Morgan fingerprint density at radius 3 is 2.09 bits per heavy atom. The van der Waals surface area contributed by atoms with E-state index in [9.17, 15) is 19.5 Å². The van der Waals surface area contributed by atoms with Crippen molar-refractivity contribution >= 4 is 29.5 Å². The number of hydrogen-bond donors (Lipinski definition) is 5. The van der Waals surface area contributed by atoms with Gasteiger partial charge in [-0.3, -0.25) is 15.5 Å². The number of nitrogens with two attached hydrogens (primary N) is 1. The van der Waals surface area contributed by atoms with Gasteiger partial charge < -0.3 is 24.8 Å². The average Bonchev–Trinajstić information content (AvgIpc) is 3.00. The lowest BCUT2D eigenvalue weighted by molar-refractivity contribution is -0.253. The fourth-order valence-corrected chi connectivity index (χ4v) is 4.23. The van der Waals surface area contributed by atoms with Gasteiger partial charge in [0, 0.05) is 17.8 Å². The number of phenolic OH excluding ortho intramolecular Hbond substituents is 1. The van der Waals surface area contributed by atoms with Crippen LogP contribution in [0.25, 0.3) is 0 Å². The fraction of sp³-hybridized carbons (Fsp3) is 0.303. The number of hydrogen-bond acceptors (Lipinski definition) is 9. The van der Waals surface area contributed by atoms with Crippen LogP contribution in [0.3, 0.4) is 0 Å². The first-order valence-electron chi connectivity index (χ1n) is 14.3. The number of esters is 1. The molecule has 12 nitrogen and oxygen atoms in total. The van der Waals surface area contributed by atoms with E-state index in [2.05, 4.69) is 10.6 Å². The summed E-state index contributed by atoms with van der Waals surface area (Å²) in [7, 11) is 0. The number of anilines is 2. The number of rotatable bonds is 13. The number of urea groups is 1. The Kier molecular flexibility index (Phi) is 12.8. The first-order chi connectivity index (χ1) is 21.4. The molecule has 0 saturated carbocycles. The summed E-state index contributed by atoms with van der Waals surface area (Å²) in [6.07, 6.45) is 2.75. The second kappa shape index (κ2) is 16.7. The summed E-state index contributed by atoms with van der Waals surface area (Å²) >= 11 is 0. The Labute approximate surface area is 262 Å². The summed E-state index contributed by atoms with van der Waals surface area (Å²) in [6, 6.07) is 17.9. The number of nitrogens with one attached hydrogen (secondary N) is 3. The normalized spacial score (nSPS) is 11.1. The van der Waals surface area contributed by atoms with Crippen molar-refractivity contribution in [1.82, 2.24) is 5.43 Å². The second-order valence-corrected chi connectivity index (χ2v) is 11.2. The smallest absolute Gasteiger partial charge is 0.411 e. The Hall–Kier alpha value is -5.07. The summed E-state index contributed by atoms with van der Waals surface area (Å²) in [5, 5.41) is 15.6. The lowest BCUT2D eigenvalue weighted by Gasteiger charge is -2.22. The number of aryl methyl sites for hydroxylation is 2. The minimum absolute atomic E-state index is 0.0494. The molecule has 6 N–H and O–H groups in total. The summed E-state index contributed by atoms with van der Waals surface area (Å²) < 4.78 is 10.1. The monoisotopic (exact) mass is 620 g/mol. The largest absolute Gasteiger partial charge is 0.507 e. The molecule has 240 valence electrons. The SMILES string of the molecule is Cc1cc(CCC(=O)O/C=C\OOCCOC(=O)Nc2ccc(Cc3ccc(NC(=O)NN)cc3)cc2)cc(C(C)(C)C)c1O. The van der Waals surface area contributed by atoms with Crippen LogP contribution in [0, 0.1) is 6.92 Å². The molecular formula is C33H40N4O8. The van der Waals surface area contributed by atoms with Crippen LogP contribution in [-0.4, -0.2) is 36.4 Å². The Balaban J connectivity index is 1.27. The van der Waals surface area contributed by atoms with Gasteiger partial charge in [-0.05, 0) is 77.3 Å². The second-order valence-electron chi connectivity index (χ2n) is 11.2. The molecule has 45 heavy (non-hydrogen) atoms. The van der Waals surface area contributed by atoms with E-state index in [1.54, 1.807) is 24.3 Å². The van der Waals surface area contributed by atoms with Gasteiger partial charge in [0.05, 0.1) is 0 Å². The molecule has 3 rings (SSSR count).